The fourth-order valence-electron chi connectivity index (χ4n) is 6.37. The van der Waals surface area contributed by atoms with Crippen LogP contribution < -0.4 is 5.32 Å². The maximum atomic E-state index is 12.3. The first-order chi connectivity index (χ1) is 21.6. The number of carbonyl (C=O) groups is 2. The molecule has 8 bridgehead atoms. The third-order valence-electron chi connectivity index (χ3n) is 9.14. The zero-order valence-corrected chi connectivity index (χ0v) is 27.4. The number of thiol groups is 1. The van der Waals surface area contributed by atoms with Crippen LogP contribution in [0.5, 0.6) is 0 Å². The summed E-state index contributed by atoms with van der Waals surface area (Å²) in [7, 11) is 0. The first-order valence-corrected chi connectivity index (χ1v) is 16.5. The minimum Gasteiger partial charge on any atom is -0.481 e. The number of fused-ring (bicyclic) bond motifs is 8. The molecule has 0 saturated heterocycles. The third-order valence-corrected chi connectivity index (χ3v) is 9.46. The predicted molar refractivity (Wildman–Crippen MR) is 183 cm³/mol. The van der Waals surface area contributed by atoms with E-state index < -0.39 is 11.9 Å². The summed E-state index contributed by atoms with van der Waals surface area (Å²) in [5, 5.41) is 23.2. The van der Waals surface area contributed by atoms with Gasteiger partial charge in [-0.2, -0.15) is 12.6 Å². The average Bonchev–Trinajstić information content (AvgIpc) is 3.69. The standard InChI is InChI=1S/C35H43N5O4S/c1-5-6-7-8-11-36-17-25-20(3)28-14-27-19(2)23(9-10-34(41)42)31(39-27)16-32-24(35(43)44)12-22(37-32)13-30-26(18-45)21(4)29(38-30)15-33(25)40-28/h12-16,19,23,36-37,40,45H,5-11,17-18H2,1-4H3,(H,41,42)(H,43,44)/t19-,23-/m0/s1. The molecule has 0 fully saturated rings. The lowest BCUT2D eigenvalue weighted by Crippen LogP contribution is -2.15. The van der Waals surface area contributed by atoms with Crippen LogP contribution in [0.15, 0.2) is 30.3 Å². The molecule has 0 unspecified atom stereocenters. The molecule has 5 N–H and O–H groups in total. The molecule has 5 rings (SSSR count). The van der Waals surface area contributed by atoms with Gasteiger partial charge in [0.05, 0.1) is 22.5 Å². The third kappa shape index (κ3) is 7.02. The maximum absolute atomic E-state index is 12.3. The maximum Gasteiger partial charge on any atom is 0.337 e. The molecule has 0 aromatic carbocycles. The molecule has 10 heteroatoms. The Balaban J connectivity index is 1.77. The van der Waals surface area contributed by atoms with Crippen molar-refractivity contribution >= 4 is 57.8 Å². The van der Waals surface area contributed by atoms with Crippen LogP contribution in [0.1, 0.15) is 115 Å². The van der Waals surface area contributed by atoms with Gasteiger partial charge in [0.25, 0.3) is 0 Å². The van der Waals surface area contributed by atoms with E-state index >= 15 is 0 Å². The number of unbranched alkanes of at least 4 members (excludes halogenated alkanes) is 3. The van der Waals surface area contributed by atoms with Gasteiger partial charge in [0, 0.05) is 58.5 Å². The van der Waals surface area contributed by atoms with Gasteiger partial charge < -0.3 is 25.5 Å². The van der Waals surface area contributed by atoms with Crippen molar-refractivity contribution in [3.8, 4) is 0 Å². The minimum atomic E-state index is -1.06. The monoisotopic (exact) mass is 629 g/mol. The molecule has 3 aromatic rings. The van der Waals surface area contributed by atoms with E-state index in [1.165, 1.54) is 24.8 Å². The van der Waals surface area contributed by atoms with Gasteiger partial charge >= 0.3 is 11.9 Å². The molecule has 45 heavy (non-hydrogen) atoms. The van der Waals surface area contributed by atoms with Crippen molar-refractivity contribution in [3.63, 3.8) is 0 Å². The molecule has 3 aromatic heterocycles. The highest BCUT2D eigenvalue weighted by Gasteiger charge is 2.29. The summed E-state index contributed by atoms with van der Waals surface area (Å²) >= 11 is 4.61. The summed E-state index contributed by atoms with van der Waals surface area (Å²) in [4.78, 5) is 40.7. The molecule has 0 saturated carbocycles. The summed E-state index contributed by atoms with van der Waals surface area (Å²) in [5.74, 6) is -1.69. The van der Waals surface area contributed by atoms with E-state index in [0.29, 0.717) is 35.4 Å². The lowest BCUT2D eigenvalue weighted by molar-refractivity contribution is -0.137. The molecule has 0 amide bonds. The second kappa shape index (κ2) is 14.0. The number of hydrogen-bond donors (Lipinski definition) is 6. The van der Waals surface area contributed by atoms with E-state index in [4.69, 9.17) is 9.97 Å². The summed E-state index contributed by atoms with van der Waals surface area (Å²) in [6.07, 6.45) is 5.18. The molecule has 0 spiro atoms. The van der Waals surface area contributed by atoms with Crippen molar-refractivity contribution in [2.75, 3.05) is 12.3 Å². The highest BCUT2D eigenvalue weighted by molar-refractivity contribution is 7.80. The quantitative estimate of drug-likeness (QED) is 0.0894. The lowest BCUT2D eigenvalue weighted by atomic mass is 9.87. The first kappa shape index (κ1) is 32.5. The highest BCUT2D eigenvalue weighted by atomic mass is 32.1. The number of allylic oxidation sites excluding steroid dienone is 1. The Morgan fingerprint density at radius 2 is 1.71 bits per heavy atom. The average molecular weight is 630 g/mol. The molecular weight excluding hydrogens is 586 g/mol. The molecule has 2 atom stereocenters. The number of aryl methyl sites for hydroxylation is 1. The smallest absolute Gasteiger partial charge is 0.337 e. The first-order valence-electron chi connectivity index (χ1n) is 15.8. The van der Waals surface area contributed by atoms with Gasteiger partial charge in [0.1, 0.15) is 0 Å². The number of aromatic carboxylic acids is 1. The Kier molecular flexibility index (Phi) is 10.1. The molecule has 9 nitrogen and oxygen atoms in total. The van der Waals surface area contributed by atoms with Gasteiger partial charge in [-0.25, -0.2) is 9.78 Å². The Labute approximate surface area is 269 Å². The highest BCUT2D eigenvalue weighted by Crippen LogP contribution is 2.40. The van der Waals surface area contributed by atoms with Crippen molar-refractivity contribution in [1.29, 1.82) is 0 Å². The zero-order valence-electron chi connectivity index (χ0n) is 26.5. The topological polar surface area (TPSA) is 144 Å². The summed E-state index contributed by atoms with van der Waals surface area (Å²) in [5.41, 5.74) is 10.4. The normalized spacial score (nSPS) is 16.4. The van der Waals surface area contributed by atoms with E-state index in [-0.39, 0.29) is 23.8 Å². The van der Waals surface area contributed by atoms with Gasteiger partial charge in [-0.15, -0.1) is 0 Å². The van der Waals surface area contributed by atoms with Crippen LogP contribution in [0, 0.1) is 6.92 Å². The van der Waals surface area contributed by atoms with Crippen LogP contribution in [0.25, 0.3) is 33.2 Å². The predicted octanol–water partition coefficient (Wildman–Crippen LogP) is 7.60. The van der Waals surface area contributed by atoms with Crippen molar-refractivity contribution in [2.45, 2.75) is 84.6 Å². The molecule has 5 heterocycles. The fraction of sp³-hybridized carbons (Fsp3) is 0.429. The van der Waals surface area contributed by atoms with Gasteiger partial charge in [-0.3, -0.25) is 9.78 Å². The van der Waals surface area contributed by atoms with Crippen LogP contribution in [0.4, 0.5) is 0 Å². The zero-order chi connectivity index (χ0) is 32.2. The number of rotatable bonds is 12. The summed E-state index contributed by atoms with van der Waals surface area (Å²) in [6, 6.07) is 9.38. The van der Waals surface area contributed by atoms with Gasteiger partial charge in [-0.1, -0.05) is 33.1 Å². The summed E-state index contributed by atoms with van der Waals surface area (Å²) in [6.45, 7) is 10.1. The van der Waals surface area contributed by atoms with Crippen molar-refractivity contribution in [2.24, 2.45) is 0 Å². The van der Waals surface area contributed by atoms with Crippen LogP contribution in [-0.4, -0.2) is 54.4 Å². The number of carboxylic acids is 2. The fourth-order valence-corrected chi connectivity index (χ4v) is 6.77. The minimum absolute atomic E-state index is 0.00394. The van der Waals surface area contributed by atoms with Crippen molar-refractivity contribution in [1.82, 2.24) is 25.3 Å². The van der Waals surface area contributed by atoms with E-state index in [2.05, 4.69) is 60.8 Å². The summed E-state index contributed by atoms with van der Waals surface area (Å²) < 4.78 is 0. The number of aromatic amines is 2. The number of nitrogens with zero attached hydrogens (tertiary/aromatic N) is 2. The number of aromatic nitrogens is 4. The molecule has 0 radical (unpaired) electrons. The van der Waals surface area contributed by atoms with E-state index in [9.17, 15) is 19.8 Å². The van der Waals surface area contributed by atoms with Crippen LogP contribution in [0.3, 0.4) is 0 Å². The Hall–Kier alpha value is -3.89. The molecule has 2 aliphatic heterocycles. The number of carboxylic acid groups (broad SMARTS) is 2. The van der Waals surface area contributed by atoms with Crippen molar-refractivity contribution in [3.05, 3.63) is 69.8 Å². The van der Waals surface area contributed by atoms with Crippen LogP contribution in [0.2, 0.25) is 0 Å². The van der Waals surface area contributed by atoms with Crippen LogP contribution in [-0.2, 0) is 11.3 Å². The molecule has 2 aliphatic rings. The van der Waals surface area contributed by atoms with E-state index in [1.807, 2.05) is 13.0 Å². The molecule has 238 valence electrons. The second-order valence-corrected chi connectivity index (χ2v) is 12.5. The second-order valence-electron chi connectivity index (χ2n) is 12.2. The number of nitrogens with one attached hydrogen (secondary N) is 3. The molecule has 0 aliphatic carbocycles. The van der Waals surface area contributed by atoms with Crippen molar-refractivity contribution < 1.29 is 19.8 Å². The SMILES string of the molecule is CCCCCCNCc1c(C)c2cc3nc(cc4[nH]c(cc5nc(cc1[nH]2)C(C)=C5CS)cc4C(=O)O)[C@@H](CCC(=O)O)[C@@H]3C. The lowest BCUT2D eigenvalue weighted by Gasteiger charge is -2.14. The van der Waals surface area contributed by atoms with E-state index in [0.717, 1.165) is 57.8 Å². The van der Waals surface area contributed by atoms with Gasteiger partial charge in [0.15, 0.2) is 0 Å². The molecular formula is C35H43N5O4S. The largest absolute Gasteiger partial charge is 0.481 e. The van der Waals surface area contributed by atoms with Crippen LogP contribution >= 0.6 is 12.6 Å². The Bertz CT molecular complexity index is 1800. The Morgan fingerprint density at radius 1 is 0.933 bits per heavy atom. The number of aliphatic carboxylic acids is 1. The van der Waals surface area contributed by atoms with Gasteiger partial charge in [-0.05, 0) is 85.8 Å². The van der Waals surface area contributed by atoms with Gasteiger partial charge in [0.2, 0.25) is 0 Å². The van der Waals surface area contributed by atoms with E-state index in [1.54, 1.807) is 12.1 Å². The Morgan fingerprint density at radius 3 is 2.42 bits per heavy atom. The number of hydrogen-bond acceptors (Lipinski definition) is 6. The number of H-pyrrole nitrogens is 2.